The molecule has 1 aliphatic rings. The number of piperidine rings is 1. The predicted molar refractivity (Wildman–Crippen MR) is 84.2 cm³/mol. The molecule has 4 heteroatoms. The van der Waals surface area contributed by atoms with Gasteiger partial charge in [-0.1, -0.05) is 25.5 Å². The van der Waals surface area contributed by atoms with Gasteiger partial charge in [0.2, 0.25) is 0 Å². The van der Waals surface area contributed by atoms with Crippen molar-refractivity contribution in [3.05, 3.63) is 35.4 Å². The third kappa shape index (κ3) is 3.63. The normalized spacial score (nSPS) is 21.0. The third-order valence-corrected chi connectivity index (χ3v) is 4.48. The van der Waals surface area contributed by atoms with Crippen molar-refractivity contribution in [2.24, 2.45) is 5.73 Å². The van der Waals surface area contributed by atoms with Crippen LogP contribution in [0.2, 0.25) is 0 Å². The lowest BCUT2D eigenvalue weighted by atomic mass is 9.94. The van der Waals surface area contributed by atoms with Crippen molar-refractivity contribution in [1.82, 2.24) is 4.90 Å². The van der Waals surface area contributed by atoms with E-state index in [2.05, 4.69) is 11.8 Å². The molecule has 21 heavy (non-hydrogen) atoms. The standard InChI is InChI=1S/C17H26N2O2/c1-3-15-6-4-5-11-19(15)16(12-18)13-7-9-14(10-8-13)17(20)21-2/h7-10,15-16H,3-6,11-12,18H2,1-2H3. The highest BCUT2D eigenvalue weighted by molar-refractivity contribution is 5.89. The van der Waals surface area contributed by atoms with Gasteiger partial charge < -0.3 is 10.5 Å². The number of hydrogen-bond donors (Lipinski definition) is 1. The summed E-state index contributed by atoms with van der Waals surface area (Å²) in [6.45, 7) is 3.96. The van der Waals surface area contributed by atoms with Crippen LogP contribution in [0.3, 0.4) is 0 Å². The lowest BCUT2D eigenvalue weighted by Crippen LogP contribution is -2.44. The van der Waals surface area contributed by atoms with Crippen molar-refractivity contribution in [2.75, 3.05) is 20.2 Å². The Morgan fingerprint density at radius 3 is 2.67 bits per heavy atom. The Morgan fingerprint density at radius 1 is 1.38 bits per heavy atom. The van der Waals surface area contributed by atoms with E-state index in [0.717, 1.165) is 13.0 Å². The molecular formula is C17H26N2O2. The molecule has 1 aromatic rings. The molecule has 2 N–H and O–H groups in total. The van der Waals surface area contributed by atoms with Gasteiger partial charge in [-0.15, -0.1) is 0 Å². The van der Waals surface area contributed by atoms with Crippen LogP contribution in [0.15, 0.2) is 24.3 Å². The molecule has 0 amide bonds. The van der Waals surface area contributed by atoms with Crippen LogP contribution < -0.4 is 5.73 Å². The second kappa shape index (κ2) is 7.57. The topological polar surface area (TPSA) is 55.6 Å². The molecule has 1 aromatic carbocycles. The number of hydrogen-bond acceptors (Lipinski definition) is 4. The van der Waals surface area contributed by atoms with Crippen LogP contribution in [0.25, 0.3) is 0 Å². The molecule has 0 aliphatic carbocycles. The molecular weight excluding hydrogens is 264 g/mol. The average Bonchev–Trinajstić information content (AvgIpc) is 2.56. The van der Waals surface area contributed by atoms with E-state index < -0.39 is 0 Å². The summed E-state index contributed by atoms with van der Waals surface area (Å²) in [6, 6.07) is 8.52. The van der Waals surface area contributed by atoms with Crippen LogP contribution in [0.5, 0.6) is 0 Å². The van der Waals surface area contributed by atoms with Crippen molar-refractivity contribution < 1.29 is 9.53 Å². The zero-order valence-electron chi connectivity index (χ0n) is 13.0. The first-order valence-corrected chi connectivity index (χ1v) is 7.85. The molecule has 2 unspecified atom stereocenters. The van der Waals surface area contributed by atoms with Crippen LogP contribution in [-0.2, 0) is 4.74 Å². The summed E-state index contributed by atoms with van der Waals surface area (Å²) >= 11 is 0. The van der Waals surface area contributed by atoms with Crippen molar-refractivity contribution in [3.63, 3.8) is 0 Å². The molecule has 1 heterocycles. The fraction of sp³-hybridized carbons (Fsp3) is 0.588. The molecule has 116 valence electrons. The Hall–Kier alpha value is -1.39. The zero-order chi connectivity index (χ0) is 15.2. The number of esters is 1. The number of carbonyl (C=O) groups is 1. The number of benzene rings is 1. The molecule has 1 fully saturated rings. The highest BCUT2D eigenvalue weighted by Gasteiger charge is 2.27. The monoisotopic (exact) mass is 290 g/mol. The number of rotatable bonds is 5. The first-order chi connectivity index (χ1) is 10.2. The van der Waals surface area contributed by atoms with Gasteiger partial charge in [0, 0.05) is 18.6 Å². The quantitative estimate of drug-likeness (QED) is 0.847. The number of nitrogens with two attached hydrogens (primary N) is 1. The minimum Gasteiger partial charge on any atom is -0.465 e. The Bertz CT molecular complexity index is 458. The van der Waals surface area contributed by atoms with Crippen molar-refractivity contribution >= 4 is 5.97 Å². The van der Waals surface area contributed by atoms with Gasteiger partial charge in [0.15, 0.2) is 0 Å². The van der Waals surface area contributed by atoms with Crippen LogP contribution in [0.4, 0.5) is 0 Å². The summed E-state index contributed by atoms with van der Waals surface area (Å²) in [7, 11) is 1.40. The van der Waals surface area contributed by atoms with E-state index >= 15 is 0 Å². The molecule has 0 saturated carbocycles. The van der Waals surface area contributed by atoms with Gasteiger partial charge in [-0.25, -0.2) is 4.79 Å². The van der Waals surface area contributed by atoms with Crippen LogP contribution in [-0.4, -0.2) is 37.1 Å². The van der Waals surface area contributed by atoms with Gasteiger partial charge in [0.1, 0.15) is 0 Å². The Morgan fingerprint density at radius 2 is 2.10 bits per heavy atom. The minimum absolute atomic E-state index is 0.238. The second-order valence-electron chi connectivity index (χ2n) is 5.66. The highest BCUT2D eigenvalue weighted by atomic mass is 16.5. The Kier molecular flexibility index (Phi) is 5.76. The van der Waals surface area contributed by atoms with Crippen molar-refractivity contribution in [2.45, 2.75) is 44.7 Å². The van der Waals surface area contributed by atoms with E-state index in [1.54, 1.807) is 0 Å². The van der Waals surface area contributed by atoms with Gasteiger partial charge in [0.25, 0.3) is 0 Å². The second-order valence-corrected chi connectivity index (χ2v) is 5.66. The molecule has 4 nitrogen and oxygen atoms in total. The molecule has 0 bridgehead atoms. The average molecular weight is 290 g/mol. The smallest absolute Gasteiger partial charge is 0.337 e. The molecule has 0 radical (unpaired) electrons. The van der Waals surface area contributed by atoms with Gasteiger partial charge in [0.05, 0.1) is 12.7 Å². The van der Waals surface area contributed by atoms with Crippen molar-refractivity contribution in [1.29, 1.82) is 0 Å². The number of nitrogens with zero attached hydrogens (tertiary/aromatic N) is 1. The zero-order valence-corrected chi connectivity index (χ0v) is 13.0. The fourth-order valence-electron chi connectivity index (χ4n) is 3.29. The summed E-state index contributed by atoms with van der Waals surface area (Å²) < 4.78 is 4.74. The summed E-state index contributed by atoms with van der Waals surface area (Å²) in [5.41, 5.74) is 7.81. The van der Waals surface area contributed by atoms with E-state index in [1.165, 1.54) is 31.9 Å². The van der Waals surface area contributed by atoms with Gasteiger partial charge in [-0.2, -0.15) is 0 Å². The summed E-state index contributed by atoms with van der Waals surface area (Å²) in [5.74, 6) is -0.296. The first kappa shape index (κ1) is 16.0. The highest BCUT2D eigenvalue weighted by Crippen LogP contribution is 2.29. The molecule has 2 atom stereocenters. The van der Waals surface area contributed by atoms with Crippen LogP contribution in [0.1, 0.15) is 54.6 Å². The number of likely N-dealkylation sites (tertiary alicyclic amines) is 1. The molecule has 0 aromatic heterocycles. The predicted octanol–water partition coefficient (Wildman–Crippen LogP) is 2.74. The van der Waals surface area contributed by atoms with E-state index in [-0.39, 0.29) is 12.0 Å². The van der Waals surface area contributed by atoms with Crippen molar-refractivity contribution in [3.8, 4) is 0 Å². The third-order valence-electron chi connectivity index (χ3n) is 4.48. The molecule has 1 saturated heterocycles. The fourth-order valence-corrected chi connectivity index (χ4v) is 3.29. The van der Waals surface area contributed by atoms with E-state index in [0.29, 0.717) is 18.2 Å². The number of methoxy groups -OCH3 is 1. The molecule has 1 aliphatic heterocycles. The van der Waals surface area contributed by atoms with Gasteiger partial charge >= 0.3 is 5.97 Å². The molecule has 2 rings (SSSR count). The SMILES string of the molecule is CCC1CCCCN1C(CN)c1ccc(C(=O)OC)cc1. The van der Waals surface area contributed by atoms with Crippen LogP contribution >= 0.6 is 0 Å². The Labute approximate surface area is 127 Å². The van der Waals surface area contributed by atoms with E-state index in [9.17, 15) is 4.79 Å². The molecule has 0 spiro atoms. The maximum absolute atomic E-state index is 11.5. The first-order valence-electron chi connectivity index (χ1n) is 7.85. The van der Waals surface area contributed by atoms with E-state index in [4.69, 9.17) is 10.5 Å². The summed E-state index contributed by atoms with van der Waals surface area (Å²) in [4.78, 5) is 14.0. The Balaban J connectivity index is 2.18. The van der Waals surface area contributed by atoms with Gasteiger partial charge in [-0.3, -0.25) is 4.90 Å². The van der Waals surface area contributed by atoms with Crippen LogP contribution in [0, 0.1) is 0 Å². The number of ether oxygens (including phenoxy) is 1. The lowest BCUT2D eigenvalue weighted by molar-refractivity contribution is 0.0600. The van der Waals surface area contributed by atoms with Gasteiger partial charge in [-0.05, 0) is 43.5 Å². The maximum atomic E-state index is 11.5. The summed E-state index contributed by atoms with van der Waals surface area (Å²) in [5, 5.41) is 0. The lowest BCUT2D eigenvalue weighted by Gasteiger charge is -2.41. The van der Waals surface area contributed by atoms with E-state index in [1.807, 2.05) is 24.3 Å². The largest absolute Gasteiger partial charge is 0.465 e. The maximum Gasteiger partial charge on any atom is 0.337 e. The minimum atomic E-state index is -0.296. The summed E-state index contributed by atoms with van der Waals surface area (Å²) in [6.07, 6.45) is 4.98. The number of carbonyl (C=O) groups excluding carboxylic acids is 1.